The largest absolute Gasteiger partial charge is 0.462 e. The van der Waals surface area contributed by atoms with Crippen molar-refractivity contribution in [3.8, 4) is 0 Å². The molecule has 0 fully saturated rings. The number of hydrogen-bond donors (Lipinski definition) is 0. The predicted octanol–water partition coefficient (Wildman–Crippen LogP) is 7.15. The summed E-state index contributed by atoms with van der Waals surface area (Å²) in [6, 6.07) is 6.97. The van der Waals surface area contributed by atoms with Crippen LogP contribution in [0.2, 0.25) is 0 Å². The van der Waals surface area contributed by atoms with Crippen molar-refractivity contribution in [3.05, 3.63) is 70.5 Å². The second kappa shape index (κ2) is 14.3. The van der Waals surface area contributed by atoms with Crippen molar-refractivity contribution < 1.29 is 32.2 Å². The first-order valence-corrected chi connectivity index (χ1v) is 11.5. The van der Waals surface area contributed by atoms with Crippen LogP contribution in [0.5, 0.6) is 0 Å². The Labute approximate surface area is 193 Å². The van der Waals surface area contributed by atoms with E-state index >= 15 is 0 Å². The van der Waals surface area contributed by atoms with Crippen LogP contribution < -0.4 is 0 Å². The van der Waals surface area contributed by atoms with Gasteiger partial charge in [0.05, 0.1) is 17.7 Å². The van der Waals surface area contributed by atoms with Crippen LogP contribution in [-0.2, 0) is 16.1 Å². The van der Waals surface area contributed by atoms with Gasteiger partial charge in [0.25, 0.3) is 0 Å². The van der Waals surface area contributed by atoms with Gasteiger partial charge >= 0.3 is 11.9 Å². The molecule has 0 heterocycles. The molecular weight excluding hydrogens is 433 g/mol. The molecule has 0 bridgehead atoms. The average Bonchev–Trinajstić information content (AvgIpc) is 2.81. The minimum atomic E-state index is -1.33. The van der Waals surface area contributed by atoms with Crippen LogP contribution in [0.3, 0.4) is 0 Å². The fraction of sp³-hybridized carbons (Fsp3) is 0.462. The monoisotopic (exact) mass is 464 g/mol. The third-order valence-electron chi connectivity index (χ3n) is 5.30. The van der Waals surface area contributed by atoms with E-state index in [-0.39, 0.29) is 23.3 Å². The summed E-state index contributed by atoms with van der Waals surface area (Å²) in [5.74, 6) is -5.16. The van der Waals surface area contributed by atoms with E-state index in [1.165, 1.54) is 50.7 Å². The maximum Gasteiger partial charge on any atom is 0.339 e. The number of carbonyl (C=O) groups excluding carboxylic acids is 2. The third-order valence-corrected chi connectivity index (χ3v) is 5.30. The summed E-state index contributed by atoms with van der Waals surface area (Å²) in [6.07, 6.45) is 10.3. The van der Waals surface area contributed by atoms with Crippen LogP contribution in [0.4, 0.5) is 13.2 Å². The highest BCUT2D eigenvalue weighted by atomic mass is 19.2. The van der Waals surface area contributed by atoms with Gasteiger partial charge < -0.3 is 9.47 Å². The summed E-state index contributed by atoms with van der Waals surface area (Å²) in [5, 5.41) is 0. The predicted molar refractivity (Wildman–Crippen MR) is 119 cm³/mol. The van der Waals surface area contributed by atoms with Gasteiger partial charge in [-0.15, -0.1) is 0 Å². The van der Waals surface area contributed by atoms with Crippen molar-refractivity contribution in [2.24, 2.45) is 0 Å². The van der Waals surface area contributed by atoms with Crippen LogP contribution >= 0.6 is 0 Å². The molecule has 0 atom stereocenters. The van der Waals surface area contributed by atoms with Gasteiger partial charge in [-0.25, -0.2) is 22.8 Å². The molecule has 0 spiro atoms. The van der Waals surface area contributed by atoms with E-state index in [0.717, 1.165) is 19.3 Å². The first-order valence-electron chi connectivity index (χ1n) is 11.5. The summed E-state index contributed by atoms with van der Waals surface area (Å²) < 4.78 is 50.4. The maximum absolute atomic E-state index is 13.7. The van der Waals surface area contributed by atoms with Crippen LogP contribution in [0.15, 0.2) is 36.4 Å². The van der Waals surface area contributed by atoms with Crippen LogP contribution in [0, 0.1) is 17.5 Å². The lowest BCUT2D eigenvalue weighted by Crippen LogP contribution is -2.15. The number of esters is 2. The Morgan fingerprint density at radius 2 is 1.21 bits per heavy atom. The van der Waals surface area contributed by atoms with Gasteiger partial charge in [0.15, 0.2) is 11.6 Å². The second-order valence-corrected chi connectivity index (χ2v) is 7.94. The Balaban J connectivity index is 1.80. The average molecular weight is 465 g/mol. The molecule has 4 nitrogen and oxygen atoms in total. The Kier molecular flexibility index (Phi) is 11.5. The minimum Gasteiger partial charge on any atom is -0.462 e. The van der Waals surface area contributed by atoms with Crippen LogP contribution in [0.1, 0.15) is 91.0 Å². The summed E-state index contributed by atoms with van der Waals surface area (Å²) in [6.45, 7) is 1.84. The molecule has 33 heavy (non-hydrogen) atoms. The van der Waals surface area contributed by atoms with Gasteiger partial charge in [0.1, 0.15) is 12.4 Å². The molecule has 7 heteroatoms. The van der Waals surface area contributed by atoms with Gasteiger partial charge in [-0.2, -0.15) is 0 Å². The quantitative estimate of drug-likeness (QED) is 0.169. The van der Waals surface area contributed by atoms with Crippen LogP contribution in [0.25, 0.3) is 0 Å². The van der Waals surface area contributed by atoms with Gasteiger partial charge in [0, 0.05) is 11.6 Å². The summed E-state index contributed by atoms with van der Waals surface area (Å²) in [7, 11) is 0. The SMILES string of the molecule is CCCCCCCCCCCOC(=O)c1ccccc1C(=O)OCc1cc(F)c(F)cc1F. The molecule has 0 aliphatic carbocycles. The van der Waals surface area contributed by atoms with Gasteiger partial charge in [0.2, 0.25) is 0 Å². The summed E-state index contributed by atoms with van der Waals surface area (Å²) >= 11 is 0. The number of unbranched alkanes of at least 4 members (excludes halogenated alkanes) is 8. The first kappa shape index (κ1) is 26.4. The molecule has 2 rings (SSSR count). The third kappa shape index (κ3) is 8.91. The van der Waals surface area contributed by atoms with E-state index in [9.17, 15) is 22.8 Å². The van der Waals surface area contributed by atoms with Crippen LogP contribution in [-0.4, -0.2) is 18.5 Å². The molecule has 0 radical (unpaired) electrons. The molecular formula is C26H31F3O4. The van der Waals surface area contributed by atoms with E-state index in [1.54, 1.807) is 12.1 Å². The fourth-order valence-electron chi connectivity index (χ4n) is 3.39. The zero-order valence-electron chi connectivity index (χ0n) is 19.0. The van der Waals surface area contributed by atoms with E-state index in [2.05, 4.69) is 6.92 Å². The molecule has 0 unspecified atom stereocenters. The number of rotatable bonds is 14. The van der Waals surface area contributed by atoms with Crippen molar-refractivity contribution in [2.75, 3.05) is 6.61 Å². The molecule has 0 aromatic heterocycles. The molecule has 2 aromatic carbocycles. The molecule has 0 aliphatic rings. The molecule has 0 saturated carbocycles. The molecule has 0 saturated heterocycles. The van der Waals surface area contributed by atoms with E-state index in [0.29, 0.717) is 12.1 Å². The number of carbonyl (C=O) groups is 2. The van der Waals surface area contributed by atoms with Crippen molar-refractivity contribution in [3.63, 3.8) is 0 Å². The number of ether oxygens (including phenoxy) is 2. The fourth-order valence-corrected chi connectivity index (χ4v) is 3.39. The topological polar surface area (TPSA) is 52.6 Å². The van der Waals surface area contributed by atoms with E-state index in [4.69, 9.17) is 9.47 Å². The van der Waals surface area contributed by atoms with Gasteiger partial charge in [-0.05, 0) is 24.6 Å². The Bertz CT molecular complexity index is 914. The van der Waals surface area contributed by atoms with Crippen molar-refractivity contribution >= 4 is 11.9 Å². The number of hydrogen-bond acceptors (Lipinski definition) is 4. The lowest BCUT2D eigenvalue weighted by Gasteiger charge is -2.10. The maximum atomic E-state index is 13.7. The molecule has 0 N–H and O–H groups in total. The highest BCUT2D eigenvalue weighted by Gasteiger charge is 2.20. The lowest BCUT2D eigenvalue weighted by molar-refractivity contribution is 0.0433. The molecule has 2 aromatic rings. The lowest BCUT2D eigenvalue weighted by atomic mass is 10.1. The minimum absolute atomic E-state index is 0.0317. The Morgan fingerprint density at radius 3 is 1.82 bits per heavy atom. The van der Waals surface area contributed by atoms with Gasteiger partial charge in [-0.3, -0.25) is 0 Å². The number of benzene rings is 2. The summed E-state index contributed by atoms with van der Waals surface area (Å²) in [5.41, 5.74) is -0.325. The highest BCUT2D eigenvalue weighted by Crippen LogP contribution is 2.17. The second-order valence-electron chi connectivity index (χ2n) is 7.94. The highest BCUT2D eigenvalue weighted by molar-refractivity contribution is 6.03. The van der Waals surface area contributed by atoms with Crippen molar-refractivity contribution in [1.82, 2.24) is 0 Å². The zero-order valence-corrected chi connectivity index (χ0v) is 19.0. The molecule has 180 valence electrons. The van der Waals surface area contributed by atoms with Crippen molar-refractivity contribution in [1.29, 1.82) is 0 Å². The van der Waals surface area contributed by atoms with E-state index in [1.807, 2.05) is 0 Å². The van der Waals surface area contributed by atoms with Gasteiger partial charge in [-0.1, -0.05) is 70.4 Å². The summed E-state index contributed by atoms with van der Waals surface area (Å²) in [4.78, 5) is 24.9. The Hall–Kier alpha value is -2.83. The smallest absolute Gasteiger partial charge is 0.339 e. The van der Waals surface area contributed by atoms with E-state index < -0.39 is 36.0 Å². The zero-order chi connectivity index (χ0) is 24.1. The number of halogens is 3. The molecule has 0 amide bonds. The van der Waals surface area contributed by atoms with Crippen molar-refractivity contribution in [2.45, 2.75) is 71.3 Å². The first-order chi connectivity index (χ1) is 15.9. The standard InChI is InChI=1S/C26H31F3O4/c1-2-3-4-5-6-7-8-9-12-15-32-25(30)20-13-10-11-14-21(20)26(31)33-18-19-16-23(28)24(29)17-22(19)27/h10-11,13-14,16-17H,2-9,12,15,18H2,1H3. The molecule has 0 aliphatic heterocycles. The Morgan fingerprint density at radius 1 is 0.697 bits per heavy atom. The normalized spacial score (nSPS) is 10.8.